The van der Waals surface area contributed by atoms with Gasteiger partial charge < -0.3 is 14.6 Å². The number of hydrogen-bond donors (Lipinski definition) is 1. The number of benzene rings is 2. The fourth-order valence-corrected chi connectivity index (χ4v) is 4.25. The zero-order chi connectivity index (χ0) is 17.3. The van der Waals surface area contributed by atoms with Crippen molar-refractivity contribution < 1.29 is 27.8 Å². The number of carboxylic acid groups (broad SMARTS) is 1. The SMILES string of the molecule is COc1ccc(S(=O)(=O)N2c3ccccc3CC2OC(=O)O)cc1. The molecule has 1 heterocycles. The van der Waals surface area contributed by atoms with Crippen LogP contribution in [0.15, 0.2) is 53.4 Å². The van der Waals surface area contributed by atoms with Gasteiger partial charge in [-0.25, -0.2) is 17.5 Å². The fourth-order valence-electron chi connectivity index (χ4n) is 2.68. The van der Waals surface area contributed by atoms with Gasteiger partial charge >= 0.3 is 6.16 Å². The third-order valence-corrected chi connectivity index (χ3v) is 5.56. The third-order valence-electron chi connectivity index (χ3n) is 3.74. The minimum Gasteiger partial charge on any atom is -0.497 e. The number of anilines is 1. The van der Waals surface area contributed by atoms with Crippen LogP contribution in [0.1, 0.15) is 5.56 Å². The number of fused-ring (bicyclic) bond motifs is 1. The largest absolute Gasteiger partial charge is 0.507 e. The van der Waals surface area contributed by atoms with Gasteiger partial charge in [0.15, 0.2) is 6.23 Å². The molecule has 1 unspecified atom stereocenters. The molecule has 0 bridgehead atoms. The predicted molar refractivity (Wildman–Crippen MR) is 85.7 cm³/mol. The lowest BCUT2D eigenvalue weighted by Gasteiger charge is -2.25. The molecule has 126 valence electrons. The maximum absolute atomic E-state index is 13.0. The maximum Gasteiger partial charge on any atom is 0.507 e. The number of hydrogen-bond acceptors (Lipinski definition) is 5. The molecule has 7 nitrogen and oxygen atoms in total. The van der Waals surface area contributed by atoms with Gasteiger partial charge in [0.05, 0.1) is 17.7 Å². The molecule has 0 amide bonds. The van der Waals surface area contributed by atoms with Crippen molar-refractivity contribution in [2.24, 2.45) is 0 Å². The molecule has 1 aliphatic rings. The quantitative estimate of drug-likeness (QED) is 0.853. The monoisotopic (exact) mass is 349 g/mol. The molecule has 0 saturated carbocycles. The molecule has 0 fully saturated rings. The molecule has 1 N–H and O–H groups in total. The summed E-state index contributed by atoms with van der Waals surface area (Å²) >= 11 is 0. The molecular formula is C16H15NO6S. The van der Waals surface area contributed by atoms with Crippen molar-refractivity contribution in [1.29, 1.82) is 0 Å². The van der Waals surface area contributed by atoms with Gasteiger partial charge in [0, 0.05) is 6.42 Å². The van der Waals surface area contributed by atoms with Crippen LogP contribution in [0.25, 0.3) is 0 Å². The van der Waals surface area contributed by atoms with Crippen LogP contribution >= 0.6 is 0 Å². The summed E-state index contributed by atoms with van der Waals surface area (Å²) in [6.07, 6.45) is -2.49. The summed E-state index contributed by atoms with van der Waals surface area (Å²) in [6, 6.07) is 12.7. The van der Waals surface area contributed by atoms with Crippen LogP contribution in [0.4, 0.5) is 10.5 Å². The van der Waals surface area contributed by atoms with E-state index in [1.807, 2.05) is 0 Å². The first-order valence-corrected chi connectivity index (χ1v) is 8.53. The maximum atomic E-state index is 13.0. The molecule has 3 rings (SSSR count). The number of carbonyl (C=O) groups is 1. The van der Waals surface area contributed by atoms with Crippen molar-refractivity contribution >= 4 is 21.9 Å². The van der Waals surface area contributed by atoms with E-state index in [4.69, 9.17) is 14.6 Å². The average molecular weight is 349 g/mol. The molecule has 0 saturated heterocycles. The lowest BCUT2D eigenvalue weighted by Crippen LogP contribution is -2.40. The Morgan fingerprint density at radius 2 is 1.83 bits per heavy atom. The summed E-state index contributed by atoms with van der Waals surface area (Å²) in [5.41, 5.74) is 1.13. The second-order valence-electron chi connectivity index (χ2n) is 5.15. The van der Waals surface area contributed by atoms with E-state index in [-0.39, 0.29) is 11.3 Å². The molecule has 2 aromatic carbocycles. The Labute approximate surface area is 139 Å². The Kier molecular flexibility index (Phi) is 4.06. The molecule has 8 heteroatoms. The van der Waals surface area contributed by atoms with Crippen molar-refractivity contribution in [2.75, 3.05) is 11.4 Å². The van der Waals surface area contributed by atoms with Gasteiger partial charge in [0.1, 0.15) is 5.75 Å². The predicted octanol–water partition coefficient (Wildman–Crippen LogP) is 2.47. The normalized spacial score (nSPS) is 16.5. The molecule has 0 spiro atoms. The van der Waals surface area contributed by atoms with Gasteiger partial charge in [-0.3, -0.25) is 0 Å². The van der Waals surface area contributed by atoms with E-state index in [1.165, 1.54) is 31.4 Å². The van der Waals surface area contributed by atoms with E-state index >= 15 is 0 Å². The number of para-hydroxylation sites is 1. The number of ether oxygens (including phenoxy) is 2. The summed E-state index contributed by atoms with van der Waals surface area (Å²) < 4.78 is 36.8. The third kappa shape index (κ3) is 2.76. The second-order valence-corrected chi connectivity index (χ2v) is 6.96. The summed E-state index contributed by atoms with van der Waals surface area (Å²) in [5, 5.41) is 8.92. The van der Waals surface area contributed by atoms with Crippen molar-refractivity contribution in [3.8, 4) is 5.75 Å². The highest BCUT2D eigenvalue weighted by Gasteiger charge is 2.40. The summed E-state index contributed by atoms with van der Waals surface area (Å²) in [5.74, 6) is 0.522. The number of nitrogens with zero attached hydrogens (tertiary/aromatic N) is 1. The molecule has 24 heavy (non-hydrogen) atoms. The molecule has 0 aromatic heterocycles. The lowest BCUT2D eigenvalue weighted by molar-refractivity contribution is 0.0596. The van der Waals surface area contributed by atoms with Crippen molar-refractivity contribution in [1.82, 2.24) is 0 Å². The summed E-state index contributed by atoms with van der Waals surface area (Å²) in [4.78, 5) is 11.0. The Morgan fingerprint density at radius 3 is 2.46 bits per heavy atom. The standard InChI is InChI=1S/C16H15NO6S/c1-22-12-6-8-13(9-7-12)24(20,21)17-14-5-3-2-4-11(14)10-15(17)23-16(18)19/h2-9,15H,10H2,1H3,(H,18,19). The summed E-state index contributed by atoms with van der Waals surface area (Å²) in [7, 11) is -2.50. The number of sulfonamides is 1. The van der Waals surface area contributed by atoms with Gasteiger partial charge in [-0.2, -0.15) is 0 Å². The molecule has 0 aliphatic carbocycles. The van der Waals surface area contributed by atoms with E-state index in [0.717, 1.165) is 4.31 Å². The second kappa shape index (κ2) is 6.04. The molecular weight excluding hydrogens is 334 g/mol. The van der Waals surface area contributed by atoms with Crippen LogP contribution in [0.3, 0.4) is 0 Å². The smallest absolute Gasteiger partial charge is 0.497 e. The highest BCUT2D eigenvalue weighted by Crippen LogP contribution is 2.37. The Hall–Kier alpha value is -2.74. The van der Waals surface area contributed by atoms with Crippen molar-refractivity contribution in [3.63, 3.8) is 0 Å². The Bertz CT molecular complexity index is 862. The van der Waals surface area contributed by atoms with Gasteiger partial charge in [-0.15, -0.1) is 0 Å². The lowest BCUT2D eigenvalue weighted by atomic mass is 10.2. The topological polar surface area (TPSA) is 93.1 Å². The van der Waals surface area contributed by atoms with Crippen LogP contribution in [-0.4, -0.2) is 33.0 Å². The molecule has 1 aliphatic heterocycles. The van der Waals surface area contributed by atoms with Crippen LogP contribution in [-0.2, 0) is 21.2 Å². The van der Waals surface area contributed by atoms with Crippen LogP contribution in [0.2, 0.25) is 0 Å². The first-order valence-electron chi connectivity index (χ1n) is 7.09. The summed E-state index contributed by atoms with van der Waals surface area (Å²) in [6.45, 7) is 0. The van der Waals surface area contributed by atoms with E-state index in [1.54, 1.807) is 24.3 Å². The van der Waals surface area contributed by atoms with Crippen LogP contribution in [0.5, 0.6) is 5.75 Å². The fraction of sp³-hybridized carbons (Fsp3) is 0.188. The highest BCUT2D eigenvalue weighted by molar-refractivity contribution is 7.92. The van der Waals surface area contributed by atoms with E-state index in [9.17, 15) is 13.2 Å². The molecule has 0 radical (unpaired) electrons. The van der Waals surface area contributed by atoms with E-state index < -0.39 is 22.4 Å². The van der Waals surface area contributed by atoms with Crippen LogP contribution in [0, 0.1) is 0 Å². The van der Waals surface area contributed by atoms with E-state index in [2.05, 4.69) is 0 Å². The van der Waals surface area contributed by atoms with Gasteiger partial charge in [0.25, 0.3) is 10.0 Å². The number of rotatable bonds is 4. The first-order chi connectivity index (χ1) is 11.4. The van der Waals surface area contributed by atoms with Crippen LogP contribution < -0.4 is 9.04 Å². The van der Waals surface area contributed by atoms with Gasteiger partial charge in [-0.05, 0) is 35.9 Å². The average Bonchev–Trinajstić information content (AvgIpc) is 2.92. The first kappa shape index (κ1) is 16.1. The van der Waals surface area contributed by atoms with E-state index in [0.29, 0.717) is 17.0 Å². The van der Waals surface area contributed by atoms with Crippen molar-refractivity contribution in [3.05, 3.63) is 54.1 Å². The number of methoxy groups -OCH3 is 1. The Balaban J connectivity index is 2.06. The van der Waals surface area contributed by atoms with Crippen molar-refractivity contribution in [2.45, 2.75) is 17.5 Å². The molecule has 2 aromatic rings. The minimum absolute atomic E-state index is 0.0268. The van der Waals surface area contributed by atoms with Gasteiger partial charge in [0.2, 0.25) is 0 Å². The Morgan fingerprint density at radius 1 is 1.17 bits per heavy atom. The zero-order valence-electron chi connectivity index (χ0n) is 12.7. The zero-order valence-corrected chi connectivity index (χ0v) is 13.6. The molecule has 1 atom stereocenters. The highest BCUT2D eigenvalue weighted by atomic mass is 32.2. The van der Waals surface area contributed by atoms with Gasteiger partial charge in [-0.1, -0.05) is 18.2 Å². The minimum atomic E-state index is -3.98.